The fourth-order valence-electron chi connectivity index (χ4n) is 2.92. The topological polar surface area (TPSA) is 95.3 Å². The number of H-pyrrole nitrogens is 1. The number of fused-ring (bicyclic) bond motifs is 1. The van der Waals surface area contributed by atoms with E-state index < -0.39 is 22.8 Å². The van der Waals surface area contributed by atoms with Gasteiger partial charge in [-0.05, 0) is 24.1 Å². The van der Waals surface area contributed by atoms with Crippen molar-refractivity contribution in [3.63, 3.8) is 0 Å². The number of rotatable bonds is 3. The summed E-state index contributed by atoms with van der Waals surface area (Å²) in [6, 6.07) is 5.46. The van der Waals surface area contributed by atoms with Crippen LogP contribution in [0.25, 0.3) is 22.2 Å². The van der Waals surface area contributed by atoms with Gasteiger partial charge >= 0.3 is 5.97 Å². The summed E-state index contributed by atoms with van der Waals surface area (Å²) in [5.41, 5.74) is 0.860. The third-order valence-corrected chi connectivity index (χ3v) is 4.39. The van der Waals surface area contributed by atoms with E-state index in [4.69, 9.17) is 16.7 Å². The molecule has 0 aliphatic carbocycles. The first kappa shape index (κ1) is 16.1. The molecule has 0 amide bonds. The molecule has 1 aromatic carbocycles. The summed E-state index contributed by atoms with van der Waals surface area (Å²) >= 11 is 6.22. The number of aromatic hydroxyl groups is 1. The third-order valence-electron chi connectivity index (χ3n) is 4.09. The second-order valence-electron chi connectivity index (χ2n) is 5.51. The molecular formula is C17H15ClN2O4. The lowest BCUT2D eigenvalue weighted by Gasteiger charge is -2.12. The van der Waals surface area contributed by atoms with Gasteiger partial charge in [0.25, 0.3) is 5.56 Å². The maximum absolute atomic E-state index is 12.1. The highest BCUT2D eigenvalue weighted by Crippen LogP contribution is 2.33. The Balaban J connectivity index is 2.32. The predicted octanol–water partition coefficient (Wildman–Crippen LogP) is 3.15. The number of nitrogens with one attached hydrogen (secondary N) is 1. The van der Waals surface area contributed by atoms with Crippen molar-refractivity contribution in [3.05, 3.63) is 50.9 Å². The standard InChI is InChI=1S/C17H15ClN2O4/c1-3-9-14(19-16(22)13(15(9)21)17(23)24)8-4-5-12-10(6-8)11(18)7-20(12)2/h4-7H,3H2,1-2H3,(H,23,24)(H2,19,21,22). The summed E-state index contributed by atoms with van der Waals surface area (Å²) in [5.74, 6) is -1.96. The first-order valence-corrected chi connectivity index (χ1v) is 7.69. The Kier molecular flexibility index (Phi) is 3.85. The van der Waals surface area contributed by atoms with Crippen LogP contribution in [0, 0.1) is 0 Å². The van der Waals surface area contributed by atoms with Gasteiger partial charge in [-0.3, -0.25) is 4.79 Å². The lowest BCUT2D eigenvalue weighted by atomic mass is 9.99. The minimum absolute atomic E-state index is 0.360. The number of pyridine rings is 1. The van der Waals surface area contributed by atoms with Crippen LogP contribution in [0.1, 0.15) is 22.8 Å². The Hall–Kier alpha value is -2.73. The van der Waals surface area contributed by atoms with Crippen LogP contribution in [-0.2, 0) is 13.5 Å². The van der Waals surface area contributed by atoms with Crippen molar-refractivity contribution in [3.8, 4) is 17.0 Å². The van der Waals surface area contributed by atoms with Gasteiger partial charge in [-0.1, -0.05) is 24.6 Å². The molecule has 0 aliphatic heterocycles. The second kappa shape index (κ2) is 5.72. The average Bonchev–Trinajstić information content (AvgIpc) is 2.80. The molecule has 0 unspecified atom stereocenters. The van der Waals surface area contributed by atoms with Gasteiger partial charge in [0.15, 0.2) is 5.56 Å². The third kappa shape index (κ3) is 2.35. The molecule has 0 aliphatic rings. The average molecular weight is 347 g/mol. The van der Waals surface area contributed by atoms with Crippen LogP contribution >= 0.6 is 11.6 Å². The molecule has 3 aromatic rings. The molecule has 0 atom stereocenters. The first-order valence-electron chi connectivity index (χ1n) is 7.31. The maximum Gasteiger partial charge on any atom is 0.345 e. The summed E-state index contributed by atoms with van der Waals surface area (Å²) in [4.78, 5) is 25.8. The number of nitrogens with zero attached hydrogens (tertiary/aromatic N) is 1. The molecular weight excluding hydrogens is 332 g/mol. The molecule has 0 saturated heterocycles. The summed E-state index contributed by atoms with van der Waals surface area (Å²) in [5, 5.41) is 20.7. The van der Waals surface area contributed by atoms with E-state index in [-0.39, 0.29) is 0 Å². The number of aryl methyl sites for hydroxylation is 1. The zero-order valence-electron chi connectivity index (χ0n) is 13.1. The van der Waals surface area contributed by atoms with E-state index in [1.54, 1.807) is 19.2 Å². The molecule has 2 heterocycles. The zero-order chi connectivity index (χ0) is 17.6. The molecule has 0 radical (unpaired) electrons. The molecule has 0 bridgehead atoms. The highest BCUT2D eigenvalue weighted by molar-refractivity contribution is 6.35. The Bertz CT molecular complexity index is 1030. The molecule has 2 aromatic heterocycles. The summed E-state index contributed by atoms with van der Waals surface area (Å²) in [6.07, 6.45) is 2.14. The molecule has 7 heteroatoms. The van der Waals surface area contributed by atoms with E-state index in [1.165, 1.54) is 0 Å². The molecule has 3 N–H and O–H groups in total. The number of hydrogen-bond acceptors (Lipinski definition) is 3. The second-order valence-corrected chi connectivity index (χ2v) is 5.92. The van der Waals surface area contributed by atoms with Crippen LogP contribution in [0.2, 0.25) is 5.02 Å². The fraction of sp³-hybridized carbons (Fsp3) is 0.176. The molecule has 0 saturated carbocycles. The number of carboxylic acids is 1. The van der Waals surface area contributed by atoms with Crippen molar-refractivity contribution in [1.29, 1.82) is 0 Å². The van der Waals surface area contributed by atoms with Crippen molar-refractivity contribution in [1.82, 2.24) is 9.55 Å². The van der Waals surface area contributed by atoms with Gasteiger partial charge in [0.05, 0.1) is 10.7 Å². The normalized spacial score (nSPS) is 11.1. The smallest absolute Gasteiger partial charge is 0.345 e. The van der Waals surface area contributed by atoms with Crippen molar-refractivity contribution in [2.45, 2.75) is 13.3 Å². The zero-order valence-corrected chi connectivity index (χ0v) is 13.8. The number of carbonyl (C=O) groups is 1. The van der Waals surface area contributed by atoms with E-state index in [1.807, 2.05) is 23.7 Å². The lowest BCUT2D eigenvalue weighted by molar-refractivity contribution is 0.0691. The lowest BCUT2D eigenvalue weighted by Crippen LogP contribution is -2.20. The van der Waals surface area contributed by atoms with E-state index in [2.05, 4.69) is 4.98 Å². The van der Waals surface area contributed by atoms with Crippen molar-refractivity contribution in [2.75, 3.05) is 0 Å². The number of hydrogen-bond donors (Lipinski definition) is 3. The van der Waals surface area contributed by atoms with Crippen LogP contribution in [0.4, 0.5) is 0 Å². The number of aromatic amines is 1. The van der Waals surface area contributed by atoms with Crippen molar-refractivity contribution < 1.29 is 15.0 Å². The maximum atomic E-state index is 12.1. The van der Waals surface area contributed by atoms with Gasteiger partial charge in [-0.2, -0.15) is 0 Å². The number of aromatic carboxylic acids is 1. The minimum Gasteiger partial charge on any atom is -0.506 e. The summed E-state index contributed by atoms with van der Waals surface area (Å²) in [7, 11) is 1.88. The minimum atomic E-state index is -1.46. The number of benzene rings is 1. The van der Waals surface area contributed by atoms with Crippen molar-refractivity contribution >= 4 is 28.5 Å². The van der Waals surface area contributed by atoms with Gasteiger partial charge in [-0.15, -0.1) is 0 Å². The Morgan fingerprint density at radius 3 is 2.71 bits per heavy atom. The molecule has 124 valence electrons. The Morgan fingerprint density at radius 1 is 1.38 bits per heavy atom. The van der Waals surface area contributed by atoms with E-state index >= 15 is 0 Å². The van der Waals surface area contributed by atoms with Gasteiger partial charge in [-0.25, -0.2) is 4.79 Å². The SMILES string of the molecule is CCc1c(-c2ccc3c(c2)c(Cl)cn3C)[nH]c(=O)c(C(=O)O)c1O. The highest BCUT2D eigenvalue weighted by Gasteiger charge is 2.22. The summed E-state index contributed by atoms with van der Waals surface area (Å²) in [6.45, 7) is 1.77. The Labute approximate surface area is 141 Å². The van der Waals surface area contributed by atoms with Crippen LogP contribution in [-0.4, -0.2) is 25.7 Å². The Morgan fingerprint density at radius 2 is 2.08 bits per heavy atom. The molecule has 3 rings (SSSR count). The number of halogens is 1. The van der Waals surface area contributed by atoms with E-state index in [9.17, 15) is 14.7 Å². The quantitative estimate of drug-likeness (QED) is 0.678. The van der Waals surface area contributed by atoms with Crippen LogP contribution < -0.4 is 5.56 Å². The largest absolute Gasteiger partial charge is 0.506 e. The first-order chi connectivity index (χ1) is 11.3. The van der Waals surface area contributed by atoms with Gasteiger partial charge in [0, 0.05) is 29.7 Å². The number of carboxylic acid groups (broad SMARTS) is 1. The molecule has 6 nitrogen and oxygen atoms in total. The van der Waals surface area contributed by atoms with E-state index in [0.29, 0.717) is 28.3 Å². The monoisotopic (exact) mass is 346 g/mol. The molecule has 24 heavy (non-hydrogen) atoms. The van der Waals surface area contributed by atoms with Gasteiger partial charge < -0.3 is 19.8 Å². The van der Waals surface area contributed by atoms with Crippen LogP contribution in [0.5, 0.6) is 5.75 Å². The number of aromatic nitrogens is 2. The van der Waals surface area contributed by atoms with Crippen LogP contribution in [0.3, 0.4) is 0 Å². The van der Waals surface area contributed by atoms with Gasteiger partial charge in [0.2, 0.25) is 0 Å². The molecule has 0 fully saturated rings. The fourth-order valence-corrected chi connectivity index (χ4v) is 3.21. The predicted molar refractivity (Wildman–Crippen MR) is 92.0 cm³/mol. The molecule has 0 spiro atoms. The van der Waals surface area contributed by atoms with E-state index in [0.717, 1.165) is 10.9 Å². The van der Waals surface area contributed by atoms with Crippen molar-refractivity contribution in [2.24, 2.45) is 7.05 Å². The van der Waals surface area contributed by atoms with Crippen LogP contribution in [0.15, 0.2) is 29.2 Å². The van der Waals surface area contributed by atoms with Gasteiger partial charge in [0.1, 0.15) is 5.75 Å². The summed E-state index contributed by atoms with van der Waals surface area (Å²) < 4.78 is 1.88. The highest BCUT2D eigenvalue weighted by atomic mass is 35.5.